The Labute approximate surface area is 130 Å². The second-order valence-electron chi connectivity index (χ2n) is 5.51. The molecule has 4 heteroatoms. The van der Waals surface area contributed by atoms with E-state index in [2.05, 4.69) is 28.2 Å². The first-order valence-corrected chi connectivity index (χ1v) is 8.08. The third-order valence-electron chi connectivity index (χ3n) is 4.27. The molecule has 2 rings (SSSR count). The van der Waals surface area contributed by atoms with Gasteiger partial charge in [-0.15, -0.1) is 0 Å². The lowest BCUT2D eigenvalue weighted by Crippen LogP contribution is -2.31. The zero-order valence-corrected chi connectivity index (χ0v) is 14.1. The molecule has 0 amide bonds. The molecule has 0 heterocycles. The van der Waals surface area contributed by atoms with Gasteiger partial charge in [-0.25, -0.2) is 0 Å². The normalized spacial score (nSPS) is 17.2. The molecule has 112 valence electrons. The maximum absolute atomic E-state index is 5.36. The molecule has 1 saturated carbocycles. The monoisotopic (exact) mass is 341 g/mol. The summed E-state index contributed by atoms with van der Waals surface area (Å²) >= 11 is 3.61. The van der Waals surface area contributed by atoms with Gasteiger partial charge in [0.15, 0.2) is 11.5 Å². The first-order chi connectivity index (χ1) is 9.65. The van der Waals surface area contributed by atoms with Gasteiger partial charge in [0, 0.05) is 17.1 Å². The average molecular weight is 342 g/mol. The Balaban J connectivity index is 2.01. The Morgan fingerprint density at radius 3 is 2.40 bits per heavy atom. The van der Waals surface area contributed by atoms with Crippen LogP contribution in [0.4, 0.5) is 0 Å². The lowest BCUT2D eigenvalue weighted by Gasteiger charge is -2.21. The van der Waals surface area contributed by atoms with Gasteiger partial charge < -0.3 is 14.8 Å². The number of hydrogen-bond donors (Lipinski definition) is 1. The first kappa shape index (κ1) is 15.6. The molecule has 1 aliphatic rings. The molecule has 1 aromatic rings. The van der Waals surface area contributed by atoms with Gasteiger partial charge in [0.25, 0.3) is 0 Å². The Bertz CT molecular complexity index is 444. The van der Waals surface area contributed by atoms with Crippen molar-refractivity contribution in [1.82, 2.24) is 5.32 Å². The van der Waals surface area contributed by atoms with E-state index in [1.807, 2.05) is 12.1 Å². The molecule has 1 N–H and O–H groups in total. The summed E-state index contributed by atoms with van der Waals surface area (Å²) < 4.78 is 11.7. The van der Waals surface area contributed by atoms with Crippen LogP contribution in [0.15, 0.2) is 16.6 Å². The fourth-order valence-corrected chi connectivity index (χ4v) is 3.39. The molecule has 0 unspecified atom stereocenters. The number of hydrogen-bond acceptors (Lipinski definition) is 3. The summed E-state index contributed by atoms with van der Waals surface area (Å²) in [5.41, 5.74) is 1.20. The van der Waals surface area contributed by atoms with E-state index in [4.69, 9.17) is 9.47 Å². The van der Waals surface area contributed by atoms with Crippen molar-refractivity contribution in [3.8, 4) is 11.5 Å². The SMILES string of the molecule is COc1cc(Br)c(CN[C@@H](C)C2CCCC2)cc1OC. The minimum atomic E-state index is 0.567. The van der Waals surface area contributed by atoms with Crippen molar-refractivity contribution in [1.29, 1.82) is 0 Å². The zero-order valence-electron chi connectivity index (χ0n) is 12.5. The molecule has 0 bridgehead atoms. The van der Waals surface area contributed by atoms with Gasteiger partial charge in [-0.05, 0) is 43.4 Å². The molecule has 1 aromatic carbocycles. The van der Waals surface area contributed by atoms with Gasteiger partial charge in [-0.1, -0.05) is 28.8 Å². The van der Waals surface area contributed by atoms with Crippen LogP contribution in [0.2, 0.25) is 0 Å². The van der Waals surface area contributed by atoms with Crippen LogP contribution in [0, 0.1) is 5.92 Å². The molecule has 0 spiro atoms. The van der Waals surface area contributed by atoms with Gasteiger partial charge in [0.2, 0.25) is 0 Å². The number of halogens is 1. The molecule has 0 aliphatic heterocycles. The van der Waals surface area contributed by atoms with E-state index in [0.29, 0.717) is 6.04 Å². The summed E-state index contributed by atoms with van der Waals surface area (Å²) in [6.45, 7) is 3.14. The summed E-state index contributed by atoms with van der Waals surface area (Å²) in [6.07, 6.45) is 5.50. The maximum Gasteiger partial charge on any atom is 0.161 e. The van der Waals surface area contributed by atoms with Crippen LogP contribution in [0.5, 0.6) is 11.5 Å². The quantitative estimate of drug-likeness (QED) is 0.843. The Morgan fingerprint density at radius 2 is 1.80 bits per heavy atom. The van der Waals surface area contributed by atoms with Crippen LogP contribution in [0.1, 0.15) is 38.2 Å². The highest BCUT2D eigenvalue weighted by Crippen LogP contribution is 2.33. The third-order valence-corrected chi connectivity index (χ3v) is 5.01. The van der Waals surface area contributed by atoms with E-state index in [0.717, 1.165) is 28.4 Å². The van der Waals surface area contributed by atoms with Crippen LogP contribution in [-0.2, 0) is 6.54 Å². The molecule has 0 aromatic heterocycles. The van der Waals surface area contributed by atoms with Gasteiger partial charge >= 0.3 is 0 Å². The summed E-state index contributed by atoms with van der Waals surface area (Å²) in [6, 6.07) is 4.57. The Morgan fingerprint density at radius 1 is 1.20 bits per heavy atom. The molecular weight excluding hydrogens is 318 g/mol. The molecular formula is C16H24BrNO2. The predicted molar refractivity (Wildman–Crippen MR) is 85.5 cm³/mol. The van der Waals surface area contributed by atoms with E-state index < -0.39 is 0 Å². The van der Waals surface area contributed by atoms with E-state index >= 15 is 0 Å². The second-order valence-corrected chi connectivity index (χ2v) is 6.37. The molecule has 20 heavy (non-hydrogen) atoms. The summed E-state index contributed by atoms with van der Waals surface area (Å²) in [7, 11) is 3.33. The standard InChI is InChI=1S/C16H24BrNO2/c1-11(12-6-4-5-7-12)18-10-13-8-15(19-2)16(20-3)9-14(13)17/h8-9,11-12,18H,4-7,10H2,1-3H3/t11-/m0/s1. The van der Waals surface area contributed by atoms with Crippen LogP contribution < -0.4 is 14.8 Å². The van der Waals surface area contributed by atoms with Crippen molar-refractivity contribution in [2.24, 2.45) is 5.92 Å². The molecule has 0 saturated heterocycles. The fourth-order valence-electron chi connectivity index (χ4n) is 2.93. The molecule has 1 aliphatic carbocycles. The van der Waals surface area contributed by atoms with E-state index in [9.17, 15) is 0 Å². The topological polar surface area (TPSA) is 30.5 Å². The minimum Gasteiger partial charge on any atom is -0.493 e. The van der Waals surface area contributed by atoms with Crippen molar-refractivity contribution in [3.05, 3.63) is 22.2 Å². The number of methoxy groups -OCH3 is 2. The van der Waals surface area contributed by atoms with Gasteiger partial charge in [-0.3, -0.25) is 0 Å². The van der Waals surface area contributed by atoms with Crippen molar-refractivity contribution in [2.45, 2.75) is 45.2 Å². The molecule has 1 fully saturated rings. The van der Waals surface area contributed by atoms with Crippen LogP contribution >= 0.6 is 15.9 Å². The van der Waals surface area contributed by atoms with Gasteiger partial charge in [-0.2, -0.15) is 0 Å². The zero-order chi connectivity index (χ0) is 14.5. The van der Waals surface area contributed by atoms with Crippen molar-refractivity contribution < 1.29 is 9.47 Å². The van der Waals surface area contributed by atoms with Crippen LogP contribution in [-0.4, -0.2) is 20.3 Å². The molecule has 0 radical (unpaired) electrons. The molecule has 1 atom stereocenters. The number of benzene rings is 1. The highest BCUT2D eigenvalue weighted by Gasteiger charge is 2.21. The van der Waals surface area contributed by atoms with E-state index in [1.165, 1.54) is 31.2 Å². The highest BCUT2D eigenvalue weighted by molar-refractivity contribution is 9.10. The van der Waals surface area contributed by atoms with E-state index in [-0.39, 0.29) is 0 Å². The van der Waals surface area contributed by atoms with Crippen molar-refractivity contribution >= 4 is 15.9 Å². The first-order valence-electron chi connectivity index (χ1n) is 7.29. The van der Waals surface area contributed by atoms with Crippen LogP contribution in [0.25, 0.3) is 0 Å². The minimum absolute atomic E-state index is 0.567. The predicted octanol–water partition coefficient (Wildman–Crippen LogP) is 4.13. The smallest absolute Gasteiger partial charge is 0.161 e. The maximum atomic E-state index is 5.36. The Kier molecular flexibility index (Phi) is 5.73. The molecule has 3 nitrogen and oxygen atoms in total. The summed E-state index contributed by atoms with van der Waals surface area (Å²) in [5.74, 6) is 2.36. The second kappa shape index (κ2) is 7.32. The number of nitrogens with one attached hydrogen (secondary N) is 1. The largest absolute Gasteiger partial charge is 0.493 e. The average Bonchev–Trinajstić information content (AvgIpc) is 2.99. The Hall–Kier alpha value is -0.740. The lowest BCUT2D eigenvalue weighted by atomic mass is 9.99. The fraction of sp³-hybridized carbons (Fsp3) is 0.625. The van der Waals surface area contributed by atoms with Gasteiger partial charge in [0.1, 0.15) is 0 Å². The third kappa shape index (κ3) is 3.67. The number of rotatable bonds is 6. The van der Waals surface area contributed by atoms with Crippen LogP contribution in [0.3, 0.4) is 0 Å². The van der Waals surface area contributed by atoms with Crippen molar-refractivity contribution in [2.75, 3.05) is 14.2 Å². The highest BCUT2D eigenvalue weighted by atomic mass is 79.9. The van der Waals surface area contributed by atoms with Crippen molar-refractivity contribution in [3.63, 3.8) is 0 Å². The summed E-state index contributed by atoms with van der Waals surface area (Å²) in [4.78, 5) is 0. The summed E-state index contributed by atoms with van der Waals surface area (Å²) in [5, 5.41) is 3.64. The number of ether oxygens (including phenoxy) is 2. The lowest BCUT2D eigenvalue weighted by molar-refractivity contribution is 0.353. The van der Waals surface area contributed by atoms with Gasteiger partial charge in [0.05, 0.1) is 14.2 Å². The van der Waals surface area contributed by atoms with E-state index in [1.54, 1.807) is 14.2 Å².